The van der Waals surface area contributed by atoms with Crippen LogP contribution in [0.4, 0.5) is 14.9 Å². The second kappa shape index (κ2) is 5.35. The molecule has 0 aliphatic carbocycles. The molecule has 1 aromatic carbocycles. The number of anilines is 1. The van der Waals surface area contributed by atoms with E-state index in [4.69, 9.17) is 4.42 Å². The van der Waals surface area contributed by atoms with Crippen molar-refractivity contribution in [2.24, 2.45) is 0 Å². The molecule has 94 valence electrons. The van der Waals surface area contributed by atoms with Crippen LogP contribution in [0.2, 0.25) is 0 Å². The van der Waals surface area contributed by atoms with Gasteiger partial charge in [0.05, 0.1) is 18.2 Å². The molecule has 0 bridgehead atoms. The Balaban J connectivity index is 1.92. The molecular weight excluding hydrogens is 235 g/mol. The van der Waals surface area contributed by atoms with Crippen LogP contribution in [0, 0.1) is 12.7 Å². The van der Waals surface area contributed by atoms with Crippen LogP contribution >= 0.6 is 0 Å². The number of benzene rings is 1. The molecule has 2 N–H and O–H groups in total. The summed E-state index contributed by atoms with van der Waals surface area (Å²) in [6, 6.07) is 5.83. The predicted molar refractivity (Wildman–Crippen MR) is 65.7 cm³/mol. The van der Waals surface area contributed by atoms with E-state index in [1.165, 1.54) is 18.6 Å². The zero-order valence-corrected chi connectivity index (χ0v) is 9.87. The van der Waals surface area contributed by atoms with Crippen molar-refractivity contribution < 1.29 is 13.6 Å². The number of hydrogen-bond acceptors (Lipinski definition) is 2. The third-order valence-electron chi connectivity index (χ3n) is 2.40. The molecule has 2 rings (SSSR count). The predicted octanol–water partition coefficient (Wildman–Crippen LogP) is 3.05. The second-order valence-electron chi connectivity index (χ2n) is 3.92. The molecule has 2 amide bonds. The van der Waals surface area contributed by atoms with E-state index in [0.717, 1.165) is 11.1 Å². The SMILES string of the molecule is Cc1ccc(F)c(NC(=O)NCc2ccoc2)c1. The summed E-state index contributed by atoms with van der Waals surface area (Å²) in [6.07, 6.45) is 3.06. The minimum Gasteiger partial charge on any atom is -0.472 e. The maximum absolute atomic E-state index is 13.4. The molecule has 0 unspecified atom stereocenters. The number of furan rings is 1. The molecule has 0 aliphatic rings. The van der Waals surface area contributed by atoms with E-state index in [-0.39, 0.29) is 5.69 Å². The van der Waals surface area contributed by atoms with E-state index in [1.807, 2.05) is 6.92 Å². The highest BCUT2D eigenvalue weighted by Gasteiger charge is 2.06. The minimum absolute atomic E-state index is 0.166. The lowest BCUT2D eigenvalue weighted by molar-refractivity contribution is 0.251. The second-order valence-corrected chi connectivity index (χ2v) is 3.92. The highest BCUT2D eigenvalue weighted by molar-refractivity contribution is 5.89. The van der Waals surface area contributed by atoms with Gasteiger partial charge in [-0.3, -0.25) is 0 Å². The lowest BCUT2D eigenvalue weighted by atomic mass is 10.2. The largest absolute Gasteiger partial charge is 0.472 e. The fourth-order valence-corrected chi connectivity index (χ4v) is 1.48. The van der Waals surface area contributed by atoms with Crippen molar-refractivity contribution in [2.45, 2.75) is 13.5 Å². The fourth-order valence-electron chi connectivity index (χ4n) is 1.48. The number of aryl methyl sites for hydroxylation is 1. The Labute approximate surface area is 104 Å². The normalized spacial score (nSPS) is 10.1. The molecule has 5 heteroatoms. The molecule has 2 aromatic rings. The molecule has 0 saturated heterocycles. The van der Waals surface area contributed by atoms with Crippen LogP contribution in [-0.4, -0.2) is 6.03 Å². The molecular formula is C13H13FN2O2. The maximum atomic E-state index is 13.4. The topological polar surface area (TPSA) is 54.3 Å². The quantitative estimate of drug-likeness (QED) is 0.877. The number of carbonyl (C=O) groups excluding carboxylic acids is 1. The monoisotopic (exact) mass is 248 g/mol. The maximum Gasteiger partial charge on any atom is 0.319 e. The Hall–Kier alpha value is -2.30. The summed E-state index contributed by atoms with van der Waals surface area (Å²) in [4.78, 5) is 11.6. The van der Waals surface area contributed by atoms with Crippen molar-refractivity contribution in [1.82, 2.24) is 5.32 Å². The number of rotatable bonds is 3. The first-order chi connectivity index (χ1) is 8.65. The summed E-state index contributed by atoms with van der Waals surface area (Å²) in [5.41, 5.74) is 1.89. The van der Waals surface area contributed by atoms with Gasteiger partial charge in [0, 0.05) is 12.1 Å². The molecule has 0 saturated carbocycles. The lowest BCUT2D eigenvalue weighted by Crippen LogP contribution is -2.28. The van der Waals surface area contributed by atoms with Crippen molar-refractivity contribution in [3.05, 3.63) is 53.7 Å². The summed E-state index contributed by atoms with van der Waals surface area (Å²) in [6.45, 7) is 2.16. The molecule has 0 fully saturated rings. The number of nitrogens with one attached hydrogen (secondary N) is 2. The standard InChI is InChI=1S/C13H13FN2O2/c1-9-2-3-11(14)12(6-9)16-13(17)15-7-10-4-5-18-8-10/h2-6,8H,7H2,1H3,(H2,15,16,17). The van der Waals surface area contributed by atoms with Gasteiger partial charge >= 0.3 is 6.03 Å². The number of carbonyl (C=O) groups is 1. The van der Waals surface area contributed by atoms with Crippen LogP contribution in [0.15, 0.2) is 41.2 Å². The number of urea groups is 1. The zero-order chi connectivity index (χ0) is 13.0. The highest BCUT2D eigenvalue weighted by atomic mass is 19.1. The summed E-state index contributed by atoms with van der Waals surface area (Å²) in [5.74, 6) is -0.459. The van der Waals surface area contributed by atoms with E-state index in [9.17, 15) is 9.18 Å². The minimum atomic E-state index is -0.459. The van der Waals surface area contributed by atoms with Crippen molar-refractivity contribution in [3.8, 4) is 0 Å². The Kier molecular flexibility index (Phi) is 3.62. The van der Waals surface area contributed by atoms with Gasteiger partial charge in [-0.2, -0.15) is 0 Å². The summed E-state index contributed by atoms with van der Waals surface area (Å²) in [5, 5.41) is 5.06. The van der Waals surface area contributed by atoms with E-state index in [0.29, 0.717) is 6.54 Å². The molecule has 18 heavy (non-hydrogen) atoms. The van der Waals surface area contributed by atoms with Gasteiger partial charge in [-0.05, 0) is 30.7 Å². The van der Waals surface area contributed by atoms with Crippen LogP contribution in [0.1, 0.15) is 11.1 Å². The van der Waals surface area contributed by atoms with Gasteiger partial charge in [-0.25, -0.2) is 9.18 Å². The van der Waals surface area contributed by atoms with Crippen molar-refractivity contribution in [2.75, 3.05) is 5.32 Å². The van der Waals surface area contributed by atoms with E-state index >= 15 is 0 Å². The number of amides is 2. The molecule has 0 radical (unpaired) electrons. The molecule has 4 nitrogen and oxygen atoms in total. The van der Waals surface area contributed by atoms with E-state index in [2.05, 4.69) is 10.6 Å². The average Bonchev–Trinajstić information content (AvgIpc) is 2.84. The number of halogens is 1. The van der Waals surface area contributed by atoms with Crippen LogP contribution in [0.3, 0.4) is 0 Å². The van der Waals surface area contributed by atoms with Crippen molar-refractivity contribution in [3.63, 3.8) is 0 Å². The van der Waals surface area contributed by atoms with Crippen molar-refractivity contribution in [1.29, 1.82) is 0 Å². The van der Waals surface area contributed by atoms with Gasteiger partial charge in [-0.15, -0.1) is 0 Å². The van der Waals surface area contributed by atoms with Crippen LogP contribution < -0.4 is 10.6 Å². The van der Waals surface area contributed by atoms with Crippen molar-refractivity contribution >= 4 is 11.7 Å². The third-order valence-corrected chi connectivity index (χ3v) is 2.40. The first-order valence-corrected chi connectivity index (χ1v) is 5.47. The van der Waals surface area contributed by atoms with Gasteiger partial charge < -0.3 is 15.1 Å². The van der Waals surface area contributed by atoms with E-state index < -0.39 is 11.8 Å². The summed E-state index contributed by atoms with van der Waals surface area (Å²) >= 11 is 0. The van der Waals surface area contributed by atoms with Gasteiger partial charge in [0.25, 0.3) is 0 Å². The van der Waals surface area contributed by atoms with Crippen LogP contribution in [0.5, 0.6) is 0 Å². The molecule has 0 atom stereocenters. The molecule has 1 aromatic heterocycles. The average molecular weight is 248 g/mol. The molecule has 0 aliphatic heterocycles. The Morgan fingerprint density at radius 1 is 1.39 bits per heavy atom. The zero-order valence-electron chi connectivity index (χ0n) is 9.87. The Morgan fingerprint density at radius 2 is 2.22 bits per heavy atom. The molecule has 0 spiro atoms. The van der Waals surface area contributed by atoms with Gasteiger partial charge in [-0.1, -0.05) is 6.07 Å². The highest BCUT2D eigenvalue weighted by Crippen LogP contribution is 2.15. The first-order valence-electron chi connectivity index (χ1n) is 5.47. The lowest BCUT2D eigenvalue weighted by Gasteiger charge is -2.08. The van der Waals surface area contributed by atoms with E-state index in [1.54, 1.807) is 18.2 Å². The summed E-state index contributed by atoms with van der Waals surface area (Å²) < 4.78 is 18.3. The smallest absolute Gasteiger partial charge is 0.319 e. The fraction of sp³-hybridized carbons (Fsp3) is 0.154. The Bertz CT molecular complexity index is 538. The number of hydrogen-bond donors (Lipinski definition) is 2. The first kappa shape index (κ1) is 12.2. The Morgan fingerprint density at radius 3 is 2.94 bits per heavy atom. The third kappa shape index (κ3) is 3.10. The molecule has 1 heterocycles. The van der Waals surface area contributed by atoms with Crippen LogP contribution in [-0.2, 0) is 6.54 Å². The summed E-state index contributed by atoms with van der Waals surface area (Å²) in [7, 11) is 0. The van der Waals surface area contributed by atoms with Crippen LogP contribution in [0.25, 0.3) is 0 Å². The van der Waals surface area contributed by atoms with Gasteiger partial charge in [0.1, 0.15) is 5.82 Å². The van der Waals surface area contributed by atoms with Gasteiger partial charge in [0.2, 0.25) is 0 Å². The van der Waals surface area contributed by atoms with Gasteiger partial charge in [0.15, 0.2) is 0 Å².